The quantitative estimate of drug-likeness (QED) is 0.739. The van der Waals surface area contributed by atoms with E-state index in [1.54, 1.807) is 30.6 Å². The lowest BCUT2D eigenvalue weighted by molar-refractivity contribution is 0.112. The van der Waals surface area contributed by atoms with E-state index < -0.39 is 0 Å². The maximum Gasteiger partial charge on any atom is 0.150 e. The highest BCUT2D eigenvalue weighted by Gasteiger charge is 2.06. The summed E-state index contributed by atoms with van der Waals surface area (Å²) in [5, 5.41) is 4.01. The Balaban J connectivity index is 2.56. The van der Waals surface area contributed by atoms with Crippen molar-refractivity contribution in [2.75, 3.05) is 7.11 Å². The molecule has 0 unspecified atom stereocenters. The van der Waals surface area contributed by atoms with Gasteiger partial charge in [0, 0.05) is 5.56 Å². The van der Waals surface area contributed by atoms with Crippen molar-refractivity contribution < 1.29 is 9.53 Å². The minimum absolute atomic E-state index is 0.689. The molecule has 0 fully saturated rings. The fraction of sp³-hybridized carbons (Fsp3) is 0.0833. The van der Waals surface area contributed by atoms with Gasteiger partial charge in [-0.05, 0) is 46.2 Å². The molecule has 2 nitrogen and oxygen atoms in total. The summed E-state index contributed by atoms with van der Waals surface area (Å²) < 4.78 is 5.14. The summed E-state index contributed by atoms with van der Waals surface area (Å²) in [6.07, 6.45) is 0.867. The fourth-order valence-electron chi connectivity index (χ4n) is 1.43. The number of thiophene rings is 1. The Hall–Kier alpha value is -1.61. The summed E-state index contributed by atoms with van der Waals surface area (Å²) in [7, 11) is 1.62. The second kappa shape index (κ2) is 4.28. The first-order valence-electron chi connectivity index (χ1n) is 4.51. The lowest BCUT2D eigenvalue weighted by Crippen LogP contribution is -1.89. The van der Waals surface area contributed by atoms with Gasteiger partial charge in [-0.15, -0.1) is 0 Å². The lowest BCUT2D eigenvalue weighted by atomic mass is 10.0. The zero-order valence-electron chi connectivity index (χ0n) is 8.27. The maximum atomic E-state index is 10.9. The number of carbonyl (C=O) groups is 1. The number of rotatable bonds is 3. The molecule has 0 aliphatic carbocycles. The number of benzene rings is 1. The van der Waals surface area contributed by atoms with Gasteiger partial charge in [-0.3, -0.25) is 4.79 Å². The molecular formula is C12H10O2S. The second-order valence-corrected chi connectivity index (χ2v) is 3.86. The Morgan fingerprint density at radius 1 is 1.33 bits per heavy atom. The highest BCUT2D eigenvalue weighted by Crippen LogP contribution is 2.28. The van der Waals surface area contributed by atoms with Gasteiger partial charge in [0.1, 0.15) is 5.75 Å². The van der Waals surface area contributed by atoms with Crippen LogP contribution in [-0.2, 0) is 0 Å². The van der Waals surface area contributed by atoms with Gasteiger partial charge in [0.25, 0.3) is 0 Å². The van der Waals surface area contributed by atoms with Crippen LogP contribution in [0, 0.1) is 0 Å². The van der Waals surface area contributed by atoms with Gasteiger partial charge < -0.3 is 4.74 Å². The molecule has 2 aromatic rings. The van der Waals surface area contributed by atoms with Crippen molar-refractivity contribution in [3.63, 3.8) is 0 Å². The molecular weight excluding hydrogens is 208 g/mol. The topological polar surface area (TPSA) is 26.3 Å². The maximum absolute atomic E-state index is 10.9. The first-order valence-corrected chi connectivity index (χ1v) is 5.45. The van der Waals surface area contributed by atoms with Crippen LogP contribution in [0.5, 0.6) is 5.75 Å². The van der Waals surface area contributed by atoms with Crippen molar-refractivity contribution in [1.29, 1.82) is 0 Å². The summed E-state index contributed by atoms with van der Waals surface area (Å²) >= 11 is 1.61. The highest BCUT2D eigenvalue weighted by atomic mass is 32.1. The third-order valence-electron chi connectivity index (χ3n) is 2.22. The van der Waals surface area contributed by atoms with E-state index in [4.69, 9.17) is 4.74 Å². The van der Waals surface area contributed by atoms with E-state index in [1.807, 2.05) is 22.9 Å². The molecule has 0 spiro atoms. The monoisotopic (exact) mass is 218 g/mol. The van der Waals surface area contributed by atoms with Crippen molar-refractivity contribution in [2.45, 2.75) is 0 Å². The van der Waals surface area contributed by atoms with Crippen LogP contribution in [0.1, 0.15) is 10.4 Å². The summed E-state index contributed by atoms with van der Waals surface area (Å²) in [5.41, 5.74) is 2.67. The minimum Gasteiger partial charge on any atom is -0.497 e. The number of carbonyl (C=O) groups excluding carboxylic acids is 1. The van der Waals surface area contributed by atoms with Crippen LogP contribution in [0.25, 0.3) is 11.1 Å². The van der Waals surface area contributed by atoms with Gasteiger partial charge >= 0.3 is 0 Å². The first-order chi connectivity index (χ1) is 7.35. The van der Waals surface area contributed by atoms with Gasteiger partial charge in [0.05, 0.1) is 7.11 Å². The molecule has 0 amide bonds. The van der Waals surface area contributed by atoms with E-state index in [0.717, 1.165) is 23.2 Å². The summed E-state index contributed by atoms with van der Waals surface area (Å²) in [6, 6.07) is 7.44. The smallest absolute Gasteiger partial charge is 0.150 e. The predicted octanol–water partition coefficient (Wildman–Crippen LogP) is 3.24. The van der Waals surface area contributed by atoms with Crippen LogP contribution < -0.4 is 4.74 Å². The van der Waals surface area contributed by atoms with Gasteiger partial charge in [-0.25, -0.2) is 0 Å². The Bertz CT molecular complexity index is 460. The van der Waals surface area contributed by atoms with Crippen molar-refractivity contribution >= 4 is 17.6 Å². The summed E-state index contributed by atoms with van der Waals surface area (Å²) in [6.45, 7) is 0. The Labute approximate surface area is 92.1 Å². The minimum atomic E-state index is 0.689. The number of aldehydes is 1. The molecule has 0 saturated carbocycles. The SMILES string of the molecule is COc1ccc(C=O)c(-c2ccsc2)c1. The molecule has 76 valence electrons. The summed E-state index contributed by atoms with van der Waals surface area (Å²) in [4.78, 5) is 10.9. The molecule has 1 heterocycles. The highest BCUT2D eigenvalue weighted by molar-refractivity contribution is 7.08. The average Bonchev–Trinajstić information content (AvgIpc) is 2.81. The number of hydrogen-bond donors (Lipinski definition) is 0. The zero-order chi connectivity index (χ0) is 10.7. The van der Waals surface area contributed by atoms with Crippen molar-refractivity contribution in [1.82, 2.24) is 0 Å². The molecule has 1 aromatic carbocycles. The standard InChI is InChI=1S/C12H10O2S/c1-14-11-3-2-9(7-13)12(6-11)10-4-5-15-8-10/h2-8H,1H3. The van der Waals surface area contributed by atoms with E-state index >= 15 is 0 Å². The van der Waals surface area contributed by atoms with E-state index in [9.17, 15) is 4.79 Å². The molecule has 0 aliphatic rings. The molecule has 0 aliphatic heterocycles. The molecule has 1 aromatic heterocycles. The van der Waals surface area contributed by atoms with Gasteiger partial charge in [0.2, 0.25) is 0 Å². The van der Waals surface area contributed by atoms with Gasteiger partial charge in [-0.1, -0.05) is 0 Å². The van der Waals surface area contributed by atoms with Crippen LogP contribution in [0.3, 0.4) is 0 Å². The van der Waals surface area contributed by atoms with Gasteiger partial charge in [0.15, 0.2) is 6.29 Å². The van der Waals surface area contributed by atoms with Crippen LogP contribution in [-0.4, -0.2) is 13.4 Å². The van der Waals surface area contributed by atoms with Crippen LogP contribution in [0.4, 0.5) is 0 Å². The molecule has 3 heteroatoms. The predicted molar refractivity (Wildman–Crippen MR) is 61.7 cm³/mol. The largest absolute Gasteiger partial charge is 0.497 e. The van der Waals surface area contributed by atoms with E-state index in [2.05, 4.69) is 0 Å². The molecule has 2 rings (SSSR count). The van der Waals surface area contributed by atoms with Crippen molar-refractivity contribution in [2.24, 2.45) is 0 Å². The van der Waals surface area contributed by atoms with Crippen LogP contribution in [0.2, 0.25) is 0 Å². The lowest BCUT2D eigenvalue weighted by Gasteiger charge is -2.05. The Kier molecular flexibility index (Phi) is 2.83. The Morgan fingerprint density at radius 3 is 2.80 bits per heavy atom. The van der Waals surface area contributed by atoms with Crippen LogP contribution >= 0.6 is 11.3 Å². The van der Waals surface area contributed by atoms with Gasteiger partial charge in [-0.2, -0.15) is 11.3 Å². The molecule has 0 bridgehead atoms. The fourth-order valence-corrected chi connectivity index (χ4v) is 2.09. The molecule has 15 heavy (non-hydrogen) atoms. The normalized spacial score (nSPS) is 9.93. The molecule has 0 atom stereocenters. The number of hydrogen-bond acceptors (Lipinski definition) is 3. The van der Waals surface area contributed by atoms with E-state index in [0.29, 0.717) is 5.56 Å². The molecule has 0 radical (unpaired) electrons. The zero-order valence-corrected chi connectivity index (χ0v) is 9.08. The third kappa shape index (κ3) is 1.92. The number of methoxy groups -OCH3 is 1. The molecule has 0 saturated heterocycles. The number of ether oxygens (including phenoxy) is 1. The first kappa shape index (κ1) is 9.93. The Morgan fingerprint density at radius 2 is 2.20 bits per heavy atom. The molecule has 0 N–H and O–H groups in total. The second-order valence-electron chi connectivity index (χ2n) is 3.08. The van der Waals surface area contributed by atoms with Crippen LogP contribution in [0.15, 0.2) is 35.0 Å². The average molecular weight is 218 g/mol. The van der Waals surface area contributed by atoms with Crippen molar-refractivity contribution in [3.05, 3.63) is 40.6 Å². The van der Waals surface area contributed by atoms with E-state index in [-0.39, 0.29) is 0 Å². The van der Waals surface area contributed by atoms with Crippen molar-refractivity contribution in [3.8, 4) is 16.9 Å². The third-order valence-corrected chi connectivity index (χ3v) is 2.90. The summed E-state index contributed by atoms with van der Waals surface area (Å²) in [5.74, 6) is 0.766. The van der Waals surface area contributed by atoms with E-state index in [1.165, 1.54) is 0 Å².